The second-order valence-electron chi connectivity index (χ2n) is 8.74. The average molecular weight is 443 g/mol. The molecule has 1 amide bonds. The maximum atomic E-state index is 12.4. The van der Waals surface area contributed by atoms with Crippen LogP contribution in [-0.2, 0) is 16.1 Å². The standard InChI is InChI=1S/C24H30N2O6/c1-26(18-6-2-3-7-18)24(29)30-15-22-21(14-31-25-22)16-9-11-19(12-10-16)32-20-8-4-5-17(13-20)23(27)28/h9-12,14,17-18,20H,2-8,13,15H2,1H3,(H,27,28)/t17-,20-/m0/s1. The Morgan fingerprint density at radius 2 is 1.88 bits per heavy atom. The Bertz CT molecular complexity index is 919. The van der Waals surface area contributed by atoms with Gasteiger partial charge in [-0.25, -0.2) is 4.79 Å². The molecule has 1 heterocycles. The smallest absolute Gasteiger partial charge is 0.410 e. The SMILES string of the molecule is CN(C(=O)OCc1nocc1-c1ccc(O[C@H]2CCC[C@H](C(=O)O)C2)cc1)C1CCCC1. The molecule has 2 fully saturated rings. The number of carbonyl (C=O) groups is 2. The molecule has 0 bridgehead atoms. The number of aromatic nitrogens is 1. The summed E-state index contributed by atoms with van der Waals surface area (Å²) in [7, 11) is 1.78. The summed E-state index contributed by atoms with van der Waals surface area (Å²) in [5.74, 6) is -0.376. The Balaban J connectivity index is 1.34. The molecule has 0 saturated heterocycles. The number of hydrogen-bond donors (Lipinski definition) is 1. The topological polar surface area (TPSA) is 102 Å². The fourth-order valence-electron chi connectivity index (χ4n) is 4.65. The van der Waals surface area contributed by atoms with Crippen LogP contribution >= 0.6 is 0 Å². The molecule has 0 unspecified atom stereocenters. The van der Waals surface area contributed by atoms with Gasteiger partial charge >= 0.3 is 12.1 Å². The first-order valence-corrected chi connectivity index (χ1v) is 11.3. The lowest BCUT2D eigenvalue weighted by molar-refractivity contribution is -0.143. The molecule has 1 N–H and O–H groups in total. The molecule has 2 atom stereocenters. The molecule has 0 radical (unpaired) electrons. The Morgan fingerprint density at radius 1 is 1.12 bits per heavy atom. The summed E-state index contributed by atoms with van der Waals surface area (Å²) in [5.41, 5.74) is 2.20. The Labute approximate surface area is 187 Å². The molecular weight excluding hydrogens is 412 g/mol. The van der Waals surface area contributed by atoms with E-state index < -0.39 is 5.97 Å². The zero-order valence-electron chi connectivity index (χ0n) is 18.4. The molecule has 1 aromatic heterocycles. The van der Waals surface area contributed by atoms with Crippen molar-refractivity contribution in [3.8, 4) is 16.9 Å². The third-order valence-electron chi connectivity index (χ3n) is 6.58. The number of nitrogens with zero attached hydrogens (tertiary/aromatic N) is 2. The summed E-state index contributed by atoms with van der Waals surface area (Å²) in [5, 5.41) is 13.3. The van der Waals surface area contributed by atoms with Crippen molar-refractivity contribution >= 4 is 12.1 Å². The van der Waals surface area contributed by atoms with Crippen LogP contribution in [0.15, 0.2) is 35.1 Å². The highest BCUT2D eigenvalue weighted by atomic mass is 16.6. The largest absolute Gasteiger partial charge is 0.490 e. The minimum absolute atomic E-state index is 0.0403. The molecule has 2 aliphatic rings. The number of carbonyl (C=O) groups excluding carboxylic acids is 1. The first kappa shape index (κ1) is 22.2. The first-order valence-electron chi connectivity index (χ1n) is 11.3. The van der Waals surface area contributed by atoms with Crippen LogP contribution in [0.1, 0.15) is 57.1 Å². The quantitative estimate of drug-likeness (QED) is 0.652. The number of benzene rings is 1. The lowest BCUT2D eigenvalue weighted by atomic mass is 9.87. The van der Waals surface area contributed by atoms with Gasteiger partial charge < -0.3 is 24.0 Å². The highest BCUT2D eigenvalue weighted by molar-refractivity contribution is 5.70. The van der Waals surface area contributed by atoms with Gasteiger partial charge in [0.05, 0.1) is 12.0 Å². The molecule has 8 nitrogen and oxygen atoms in total. The number of carboxylic acid groups (broad SMARTS) is 1. The molecule has 4 rings (SSSR count). The summed E-state index contributed by atoms with van der Waals surface area (Å²) in [6.07, 6.45) is 8.42. The maximum absolute atomic E-state index is 12.4. The number of carboxylic acids is 1. The molecule has 2 aliphatic carbocycles. The number of hydrogen-bond acceptors (Lipinski definition) is 6. The van der Waals surface area contributed by atoms with Gasteiger partial charge in [0.2, 0.25) is 0 Å². The van der Waals surface area contributed by atoms with Crippen molar-refractivity contribution in [2.24, 2.45) is 5.92 Å². The normalized spacial score (nSPS) is 21.3. The van der Waals surface area contributed by atoms with E-state index in [-0.39, 0.29) is 30.8 Å². The molecule has 2 aromatic rings. The van der Waals surface area contributed by atoms with Crippen LogP contribution in [0.2, 0.25) is 0 Å². The molecule has 8 heteroatoms. The number of amides is 1. The molecule has 2 saturated carbocycles. The molecule has 32 heavy (non-hydrogen) atoms. The second-order valence-corrected chi connectivity index (χ2v) is 8.74. The van der Waals surface area contributed by atoms with E-state index in [1.165, 1.54) is 6.26 Å². The predicted octanol–water partition coefficient (Wildman–Crippen LogP) is 4.87. The molecule has 0 aliphatic heterocycles. The highest BCUT2D eigenvalue weighted by Gasteiger charge is 2.28. The van der Waals surface area contributed by atoms with Crippen LogP contribution in [-0.4, -0.2) is 46.4 Å². The highest BCUT2D eigenvalue weighted by Crippen LogP contribution is 2.30. The van der Waals surface area contributed by atoms with E-state index >= 15 is 0 Å². The monoisotopic (exact) mass is 442 g/mol. The van der Waals surface area contributed by atoms with Crippen molar-refractivity contribution < 1.29 is 28.7 Å². The minimum atomic E-state index is -0.747. The number of aliphatic carboxylic acids is 1. The van der Waals surface area contributed by atoms with Crippen molar-refractivity contribution in [3.63, 3.8) is 0 Å². The first-order chi connectivity index (χ1) is 15.5. The van der Waals surface area contributed by atoms with E-state index in [0.29, 0.717) is 24.3 Å². The Kier molecular flexibility index (Phi) is 6.97. The zero-order chi connectivity index (χ0) is 22.5. The molecule has 0 spiro atoms. The van der Waals surface area contributed by atoms with Crippen molar-refractivity contribution in [2.45, 2.75) is 70.1 Å². The fourth-order valence-corrected chi connectivity index (χ4v) is 4.65. The van der Waals surface area contributed by atoms with Crippen LogP contribution in [0, 0.1) is 5.92 Å². The number of rotatable bonds is 7. The van der Waals surface area contributed by atoms with Crippen LogP contribution in [0.5, 0.6) is 5.75 Å². The average Bonchev–Trinajstić information content (AvgIpc) is 3.50. The van der Waals surface area contributed by atoms with Crippen LogP contribution < -0.4 is 4.74 Å². The lowest BCUT2D eigenvalue weighted by Gasteiger charge is -2.27. The van der Waals surface area contributed by atoms with Gasteiger partial charge in [-0.3, -0.25) is 4.79 Å². The van der Waals surface area contributed by atoms with E-state index in [0.717, 1.165) is 49.7 Å². The van der Waals surface area contributed by atoms with Gasteiger partial charge in [0.15, 0.2) is 0 Å². The van der Waals surface area contributed by atoms with E-state index in [4.69, 9.17) is 14.0 Å². The fraction of sp³-hybridized carbons (Fsp3) is 0.542. The van der Waals surface area contributed by atoms with Gasteiger partial charge in [0, 0.05) is 18.7 Å². The second kappa shape index (κ2) is 10.1. The summed E-state index contributed by atoms with van der Waals surface area (Å²) >= 11 is 0. The Hall–Kier alpha value is -3.03. The minimum Gasteiger partial charge on any atom is -0.490 e. The number of ether oxygens (including phenoxy) is 2. The third kappa shape index (κ3) is 5.23. The van der Waals surface area contributed by atoms with Gasteiger partial charge in [-0.1, -0.05) is 30.1 Å². The van der Waals surface area contributed by atoms with Crippen LogP contribution in [0.4, 0.5) is 4.79 Å². The summed E-state index contributed by atoms with van der Waals surface area (Å²) in [6, 6.07) is 7.76. The van der Waals surface area contributed by atoms with Crippen molar-refractivity contribution in [1.29, 1.82) is 0 Å². The Morgan fingerprint density at radius 3 is 2.59 bits per heavy atom. The zero-order valence-corrected chi connectivity index (χ0v) is 18.4. The maximum Gasteiger partial charge on any atom is 0.410 e. The van der Waals surface area contributed by atoms with Crippen molar-refractivity contribution in [1.82, 2.24) is 10.1 Å². The third-order valence-corrected chi connectivity index (χ3v) is 6.58. The van der Waals surface area contributed by atoms with Gasteiger partial charge in [-0.2, -0.15) is 0 Å². The predicted molar refractivity (Wildman–Crippen MR) is 116 cm³/mol. The molecular formula is C24H30N2O6. The van der Waals surface area contributed by atoms with E-state index in [9.17, 15) is 14.7 Å². The van der Waals surface area contributed by atoms with Crippen LogP contribution in [0.25, 0.3) is 11.1 Å². The summed E-state index contributed by atoms with van der Waals surface area (Å²) in [4.78, 5) is 25.3. The summed E-state index contributed by atoms with van der Waals surface area (Å²) < 4.78 is 16.6. The van der Waals surface area contributed by atoms with Gasteiger partial charge in [0.1, 0.15) is 24.3 Å². The van der Waals surface area contributed by atoms with E-state index in [1.54, 1.807) is 11.9 Å². The molecule has 1 aromatic carbocycles. The molecule has 172 valence electrons. The summed E-state index contributed by atoms with van der Waals surface area (Å²) in [6.45, 7) is 0.0403. The van der Waals surface area contributed by atoms with Crippen molar-refractivity contribution in [2.75, 3.05) is 7.05 Å². The van der Waals surface area contributed by atoms with E-state index in [1.807, 2.05) is 24.3 Å². The van der Waals surface area contributed by atoms with Gasteiger partial charge in [-0.05, 0) is 56.2 Å². The van der Waals surface area contributed by atoms with E-state index in [2.05, 4.69) is 5.16 Å². The van der Waals surface area contributed by atoms with Gasteiger partial charge in [0.25, 0.3) is 0 Å². The van der Waals surface area contributed by atoms with Crippen molar-refractivity contribution in [3.05, 3.63) is 36.2 Å². The lowest BCUT2D eigenvalue weighted by Crippen LogP contribution is -2.35. The van der Waals surface area contributed by atoms with Gasteiger partial charge in [-0.15, -0.1) is 0 Å². The van der Waals surface area contributed by atoms with Crippen LogP contribution in [0.3, 0.4) is 0 Å².